The molecule has 0 spiro atoms. The summed E-state index contributed by atoms with van der Waals surface area (Å²) in [5.41, 5.74) is 0.909. The number of rotatable bonds is 2. The lowest BCUT2D eigenvalue weighted by atomic mass is 10.0. The molecular formula is C14H10Cl2O2. The largest absolute Gasteiger partial charge is 0.294 e. The minimum Gasteiger partial charge on any atom is -0.294 e. The predicted octanol–water partition coefficient (Wildman–Crippen LogP) is 4.55. The molecule has 92 valence electrons. The third-order valence-electron chi connectivity index (χ3n) is 2.77. The fourth-order valence-corrected chi connectivity index (χ4v) is 2.44. The van der Waals surface area contributed by atoms with Crippen LogP contribution in [0, 0.1) is 0 Å². The van der Waals surface area contributed by atoms with Gasteiger partial charge in [0.15, 0.2) is 11.6 Å². The minimum absolute atomic E-state index is 0.103. The van der Waals surface area contributed by atoms with E-state index < -0.39 is 0 Å². The Morgan fingerprint density at radius 1 is 0.778 bits per heavy atom. The molecule has 0 unspecified atom stereocenters. The summed E-state index contributed by atoms with van der Waals surface area (Å²) >= 11 is 12.1. The first-order valence-electron chi connectivity index (χ1n) is 5.35. The first-order chi connectivity index (χ1) is 8.40. The van der Waals surface area contributed by atoms with E-state index in [0.717, 1.165) is 10.8 Å². The summed E-state index contributed by atoms with van der Waals surface area (Å²) in [5, 5.41) is 2.35. The van der Waals surface area contributed by atoms with E-state index in [1.54, 1.807) is 24.3 Å². The van der Waals surface area contributed by atoms with Gasteiger partial charge in [-0.25, -0.2) is 0 Å². The standard InChI is InChI=1S/C14H10Cl2O2/c1-7(17)11-3-9-6-14(16)12(8(2)18)4-10(9)5-13(11)15/h3-6H,1-2H3. The van der Waals surface area contributed by atoms with Crippen molar-refractivity contribution >= 4 is 45.5 Å². The van der Waals surface area contributed by atoms with Gasteiger partial charge in [-0.05, 0) is 48.9 Å². The van der Waals surface area contributed by atoms with Gasteiger partial charge in [0.05, 0.1) is 10.0 Å². The van der Waals surface area contributed by atoms with E-state index >= 15 is 0 Å². The molecule has 0 amide bonds. The zero-order valence-corrected chi connectivity index (χ0v) is 11.4. The lowest BCUT2D eigenvalue weighted by molar-refractivity contribution is 0.100. The van der Waals surface area contributed by atoms with Crippen molar-refractivity contribution < 1.29 is 9.59 Å². The second-order valence-corrected chi connectivity index (χ2v) is 4.94. The molecule has 0 radical (unpaired) electrons. The van der Waals surface area contributed by atoms with Crippen molar-refractivity contribution in [2.45, 2.75) is 13.8 Å². The number of ketones is 2. The molecule has 0 heterocycles. The van der Waals surface area contributed by atoms with E-state index in [-0.39, 0.29) is 11.6 Å². The van der Waals surface area contributed by atoms with Crippen LogP contribution in [-0.2, 0) is 0 Å². The molecule has 2 rings (SSSR count). The van der Waals surface area contributed by atoms with Crippen molar-refractivity contribution in [1.82, 2.24) is 0 Å². The summed E-state index contributed by atoms with van der Waals surface area (Å²) in [6.45, 7) is 2.91. The molecular weight excluding hydrogens is 271 g/mol. The number of halogens is 2. The van der Waals surface area contributed by atoms with Gasteiger partial charge < -0.3 is 0 Å². The Kier molecular flexibility index (Phi) is 3.42. The Hall–Kier alpha value is -1.38. The van der Waals surface area contributed by atoms with E-state index in [9.17, 15) is 9.59 Å². The van der Waals surface area contributed by atoms with Crippen molar-refractivity contribution in [3.05, 3.63) is 45.4 Å². The Bertz CT molecular complexity index is 616. The number of carbonyl (C=O) groups is 2. The highest BCUT2D eigenvalue weighted by molar-refractivity contribution is 6.36. The quantitative estimate of drug-likeness (QED) is 0.756. The van der Waals surface area contributed by atoms with Gasteiger partial charge in [-0.3, -0.25) is 9.59 Å². The van der Waals surface area contributed by atoms with Crippen molar-refractivity contribution in [1.29, 1.82) is 0 Å². The molecule has 0 bridgehead atoms. The summed E-state index contributed by atoms with van der Waals surface area (Å²) in [6.07, 6.45) is 0. The van der Waals surface area contributed by atoms with Gasteiger partial charge >= 0.3 is 0 Å². The summed E-state index contributed by atoms with van der Waals surface area (Å²) in [4.78, 5) is 22.8. The van der Waals surface area contributed by atoms with E-state index in [1.165, 1.54) is 13.8 Å². The molecule has 0 N–H and O–H groups in total. The fourth-order valence-electron chi connectivity index (χ4n) is 1.83. The average Bonchev–Trinajstić information content (AvgIpc) is 2.27. The van der Waals surface area contributed by atoms with E-state index in [1.807, 2.05) is 0 Å². The second-order valence-electron chi connectivity index (χ2n) is 4.12. The number of hydrogen-bond acceptors (Lipinski definition) is 2. The van der Waals surface area contributed by atoms with Crippen LogP contribution in [0.25, 0.3) is 10.8 Å². The predicted molar refractivity (Wildman–Crippen MR) is 74.0 cm³/mol. The van der Waals surface area contributed by atoms with Crippen molar-refractivity contribution in [3.8, 4) is 0 Å². The number of Topliss-reactive ketones (excluding diaryl/α,β-unsaturated/α-hetero) is 2. The minimum atomic E-state index is -0.103. The molecule has 0 fully saturated rings. The van der Waals surface area contributed by atoms with Crippen LogP contribution in [0.1, 0.15) is 34.6 Å². The van der Waals surface area contributed by atoms with Gasteiger partial charge in [0.1, 0.15) is 0 Å². The van der Waals surface area contributed by atoms with Crippen molar-refractivity contribution in [2.24, 2.45) is 0 Å². The topological polar surface area (TPSA) is 34.1 Å². The van der Waals surface area contributed by atoms with E-state index in [0.29, 0.717) is 21.2 Å². The van der Waals surface area contributed by atoms with Crippen LogP contribution in [-0.4, -0.2) is 11.6 Å². The van der Waals surface area contributed by atoms with Crippen LogP contribution in [0.2, 0.25) is 10.0 Å². The van der Waals surface area contributed by atoms with Gasteiger partial charge in [-0.15, -0.1) is 0 Å². The molecule has 2 aromatic carbocycles. The molecule has 0 aromatic heterocycles. The Labute approximate surface area is 115 Å². The third kappa shape index (κ3) is 2.26. The maximum Gasteiger partial charge on any atom is 0.161 e. The summed E-state index contributed by atoms with van der Waals surface area (Å²) in [6, 6.07) is 6.73. The smallest absolute Gasteiger partial charge is 0.161 e. The second kappa shape index (κ2) is 4.71. The number of carbonyl (C=O) groups excluding carboxylic acids is 2. The highest BCUT2D eigenvalue weighted by Crippen LogP contribution is 2.29. The lowest BCUT2D eigenvalue weighted by Crippen LogP contribution is -1.96. The molecule has 18 heavy (non-hydrogen) atoms. The van der Waals surface area contributed by atoms with Crippen LogP contribution < -0.4 is 0 Å². The zero-order chi connectivity index (χ0) is 13.4. The summed E-state index contributed by atoms with van der Waals surface area (Å²) in [5.74, 6) is -0.206. The number of hydrogen-bond donors (Lipinski definition) is 0. The Morgan fingerprint density at radius 2 is 1.11 bits per heavy atom. The van der Waals surface area contributed by atoms with Crippen LogP contribution >= 0.6 is 23.2 Å². The van der Waals surface area contributed by atoms with E-state index in [4.69, 9.17) is 23.2 Å². The van der Waals surface area contributed by atoms with Gasteiger partial charge in [0.2, 0.25) is 0 Å². The van der Waals surface area contributed by atoms with Crippen LogP contribution in [0.5, 0.6) is 0 Å². The molecule has 0 aliphatic heterocycles. The van der Waals surface area contributed by atoms with Crippen molar-refractivity contribution in [2.75, 3.05) is 0 Å². The third-order valence-corrected chi connectivity index (χ3v) is 3.40. The molecule has 0 aliphatic rings. The van der Waals surface area contributed by atoms with E-state index in [2.05, 4.69) is 0 Å². The molecule has 2 aromatic rings. The monoisotopic (exact) mass is 280 g/mol. The average molecular weight is 281 g/mol. The Balaban J connectivity index is 2.78. The maximum atomic E-state index is 11.4. The zero-order valence-electron chi connectivity index (χ0n) is 9.88. The number of benzene rings is 2. The van der Waals surface area contributed by atoms with Gasteiger partial charge in [-0.1, -0.05) is 23.2 Å². The highest BCUT2D eigenvalue weighted by atomic mass is 35.5. The molecule has 4 heteroatoms. The molecule has 0 atom stereocenters. The molecule has 0 aliphatic carbocycles. The highest BCUT2D eigenvalue weighted by Gasteiger charge is 2.11. The van der Waals surface area contributed by atoms with Gasteiger partial charge in [-0.2, -0.15) is 0 Å². The normalized spacial score (nSPS) is 10.7. The first kappa shape index (κ1) is 13.1. The van der Waals surface area contributed by atoms with Crippen molar-refractivity contribution in [3.63, 3.8) is 0 Å². The maximum absolute atomic E-state index is 11.4. The van der Waals surface area contributed by atoms with Crippen LogP contribution in [0.4, 0.5) is 0 Å². The first-order valence-corrected chi connectivity index (χ1v) is 6.10. The summed E-state index contributed by atoms with van der Waals surface area (Å²) < 4.78 is 0. The summed E-state index contributed by atoms with van der Waals surface area (Å²) in [7, 11) is 0. The molecule has 2 nitrogen and oxygen atoms in total. The SMILES string of the molecule is CC(=O)c1cc2cc(Cl)c(C(C)=O)cc2cc1Cl. The van der Waals surface area contributed by atoms with Crippen LogP contribution in [0.3, 0.4) is 0 Å². The molecule has 0 saturated heterocycles. The Morgan fingerprint density at radius 3 is 1.39 bits per heavy atom. The fraction of sp³-hybridized carbons (Fsp3) is 0.143. The molecule has 0 saturated carbocycles. The number of fused-ring (bicyclic) bond motifs is 1. The van der Waals surface area contributed by atoms with Crippen LogP contribution in [0.15, 0.2) is 24.3 Å². The van der Waals surface area contributed by atoms with Gasteiger partial charge in [0.25, 0.3) is 0 Å². The van der Waals surface area contributed by atoms with Gasteiger partial charge in [0, 0.05) is 11.1 Å². The lowest BCUT2D eigenvalue weighted by Gasteiger charge is -2.07.